The standard InChI is InChI=1S/C16H26N2/c1-13(14-7-11-17-12-8-14)18-15-5-4-9-16(2,3)10-6-15/h7-8,11-13,15,18H,4-6,9-10H2,1-3H3/t13-,15?/m1/s1. The largest absolute Gasteiger partial charge is 0.307 e. The number of nitrogens with zero attached hydrogens (tertiary/aromatic N) is 1. The summed E-state index contributed by atoms with van der Waals surface area (Å²) in [4.78, 5) is 4.08. The van der Waals surface area contributed by atoms with E-state index in [2.05, 4.69) is 43.2 Å². The molecule has 2 rings (SSSR count). The maximum Gasteiger partial charge on any atom is 0.0295 e. The molecule has 1 heterocycles. The van der Waals surface area contributed by atoms with Crippen molar-refractivity contribution < 1.29 is 0 Å². The van der Waals surface area contributed by atoms with Crippen molar-refractivity contribution in [3.63, 3.8) is 0 Å². The maximum atomic E-state index is 4.08. The molecule has 100 valence electrons. The predicted molar refractivity (Wildman–Crippen MR) is 76.4 cm³/mol. The van der Waals surface area contributed by atoms with E-state index in [0.717, 1.165) is 0 Å². The van der Waals surface area contributed by atoms with Crippen LogP contribution in [-0.4, -0.2) is 11.0 Å². The van der Waals surface area contributed by atoms with Crippen molar-refractivity contribution in [2.75, 3.05) is 0 Å². The van der Waals surface area contributed by atoms with Crippen molar-refractivity contribution in [1.29, 1.82) is 0 Å². The Balaban J connectivity index is 1.90. The normalized spacial score (nSPS) is 25.4. The molecule has 0 amide bonds. The lowest BCUT2D eigenvalue weighted by atomic mass is 9.85. The van der Waals surface area contributed by atoms with Crippen molar-refractivity contribution in [3.05, 3.63) is 30.1 Å². The number of rotatable bonds is 3. The van der Waals surface area contributed by atoms with Gasteiger partial charge in [-0.1, -0.05) is 20.3 Å². The molecule has 2 atom stereocenters. The third kappa shape index (κ3) is 3.81. The Bertz CT molecular complexity index is 359. The number of hydrogen-bond donors (Lipinski definition) is 1. The summed E-state index contributed by atoms with van der Waals surface area (Å²) in [6.45, 7) is 7.06. The Kier molecular flexibility index (Phi) is 4.39. The zero-order valence-electron chi connectivity index (χ0n) is 11.9. The first kappa shape index (κ1) is 13.5. The third-order valence-electron chi connectivity index (χ3n) is 4.27. The Hall–Kier alpha value is -0.890. The SMILES string of the molecule is C[C@@H](NC1CCCC(C)(C)CC1)c1ccncc1. The summed E-state index contributed by atoms with van der Waals surface area (Å²) in [7, 11) is 0. The average molecular weight is 246 g/mol. The van der Waals surface area contributed by atoms with Gasteiger partial charge in [0.1, 0.15) is 0 Å². The van der Waals surface area contributed by atoms with Crippen LogP contribution in [-0.2, 0) is 0 Å². The van der Waals surface area contributed by atoms with Gasteiger partial charge < -0.3 is 5.32 Å². The smallest absolute Gasteiger partial charge is 0.0295 e. The molecule has 18 heavy (non-hydrogen) atoms. The van der Waals surface area contributed by atoms with Crippen LogP contribution < -0.4 is 5.32 Å². The van der Waals surface area contributed by atoms with Crippen LogP contribution >= 0.6 is 0 Å². The number of aromatic nitrogens is 1. The van der Waals surface area contributed by atoms with Crippen LogP contribution in [0.25, 0.3) is 0 Å². The number of nitrogens with one attached hydrogen (secondary N) is 1. The molecule has 1 aromatic rings. The van der Waals surface area contributed by atoms with Gasteiger partial charge in [0.25, 0.3) is 0 Å². The number of hydrogen-bond acceptors (Lipinski definition) is 2. The van der Waals surface area contributed by atoms with Gasteiger partial charge in [-0.3, -0.25) is 4.98 Å². The molecule has 2 nitrogen and oxygen atoms in total. The van der Waals surface area contributed by atoms with Crippen LogP contribution in [0.5, 0.6) is 0 Å². The highest BCUT2D eigenvalue weighted by molar-refractivity contribution is 5.14. The van der Waals surface area contributed by atoms with E-state index in [1.807, 2.05) is 12.4 Å². The van der Waals surface area contributed by atoms with Crippen molar-refractivity contribution in [2.24, 2.45) is 5.41 Å². The van der Waals surface area contributed by atoms with Gasteiger partial charge in [0.2, 0.25) is 0 Å². The lowest BCUT2D eigenvalue weighted by molar-refractivity contribution is 0.307. The second-order valence-corrected chi connectivity index (χ2v) is 6.46. The van der Waals surface area contributed by atoms with Crippen molar-refractivity contribution in [2.45, 2.75) is 65.0 Å². The van der Waals surface area contributed by atoms with Crippen LogP contribution in [0.15, 0.2) is 24.5 Å². The van der Waals surface area contributed by atoms with E-state index in [1.165, 1.54) is 37.7 Å². The van der Waals surface area contributed by atoms with E-state index in [1.54, 1.807) is 0 Å². The van der Waals surface area contributed by atoms with Crippen LogP contribution in [0.4, 0.5) is 0 Å². The molecular formula is C16H26N2. The Morgan fingerprint density at radius 1 is 1.22 bits per heavy atom. The van der Waals surface area contributed by atoms with Gasteiger partial charge in [0.15, 0.2) is 0 Å². The first-order valence-electron chi connectivity index (χ1n) is 7.23. The lowest BCUT2D eigenvalue weighted by Gasteiger charge is -2.24. The molecule has 0 spiro atoms. The average Bonchev–Trinajstić information content (AvgIpc) is 2.52. The molecule has 0 saturated heterocycles. The minimum atomic E-state index is 0.430. The Labute approximate surface area is 111 Å². The Morgan fingerprint density at radius 2 is 1.94 bits per heavy atom. The van der Waals surface area contributed by atoms with Crippen molar-refractivity contribution >= 4 is 0 Å². The molecule has 1 unspecified atom stereocenters. The molecule has 0 aliphatic heterocycles. The summed E-state index contributed by atoms with van der Waals surface area (Å²) in [5, 5.41) is 3.79. The van der Waals surface area contributed by atoms with Gasteiger partial charge in [-0.2, -0.15) is 0 Å². The molecule has 1 N–H and O–H groups in total. The second kappa shape index (κ2) is 5.83. The molecule has 0 radical (unpaired) electrons. The molecule has 1 aliphatic rings. The Morgan fingerprint density at radius 3 is 2.67 bits per heavy atom. The summed E-state index contributed by atoms with van der Waals surface area (Å²) < 4.78 is 0. The van der Waals surface area contributed by atoms with Crippen LogP contribution in [0.1, 0.15) is 64.5 Å². The molecule has 1 aromatic heterocycles. The van der Waals surface area contributed by atoms with Crippen molar-refractivity contribution in [1.82, 2.24) is 10.3 Å². The summed E-state index contributed by atoms with van der Waals surface area (Å²) in [5.74, 6) is 0. The summed E-state index contributed by atoms with van der Waals surface area (Å²) >= 11 is 0. The van der Waals surface area contributed by atoms with Gasteiger partial charge >= 0.3 is 0 Å². The monoisotopic (exact) mass is 246 g/mol. The predicted octanol–water partition coefficient (Wildman–Crippen LogP) is 4.09. The minimum absolute atomic E-state index is 0.430. The quantitative estimate of drug-likeness (QED) is 0.812. The van der Waals surface area contributed by atoms with Gasteiger partial charge in [-0.05, 0) is 55.7 Å². The zero-order valence-corrected chi connectivity index (χ0v) is 11.9. The molecule has 1 saturated carbocycles. The van der Waals surface area contributed by atoms with E-state index in [4.69, 9.17) is 0 Å². The highest BCUT2D eigenvalue weighted by atomic mass is 14.9. The molecule has 2 heteroatoms. The van der Waals surface area contributed by atoms with Gasteiger partial charge in [-0.15, -0.1) is 0 Å². The van der Waals surface area contributed by atoms with E-state index >= 15 is 0 Å². The van der Waals surface area contributed by atoms with E-state index in [0.29, 0.717) is 17.5 Å². The first-order chi connectivity index (χ1) is 8.57. The molecule has 0 aromatic carbocycles. The van der Waals surface area contributed by atoms with Crippen LogP contribution in [0.3, 0.4) is 0 Å². The first-order valence-corrected chi connectivity index (χ1v) is 7.23. The van der Waals surface area contributed by atoms with Gasteiger partial charge in [-0.25, -0.2) is 0 Å². The molecule has 1 fully saturated rings. The molecular weight excluding hydrogens is 220 g/mol. The summed E-state index contributed by atoms with van der Waals surface area (Å²) in [5.41, 5.74) is 1.88. The van der Waals surface area contributed by atoms with E-state index in [-0.39, 0.29) is 0 Å². The summed E-state index contributed by atoms with van der Waals surface area (Å²) in [6.07, 6.45) is 10.4. The fourth-order valence-corrected chi connectivity index (χ4v) is 2.93. The highest BCUT2D eigenvalue weighted by Gasteiger charge is 2.24. The highest BCUT2D eigenvalue weighted by Crippen LogP contribution is 2.34. The topological polar surface area (TPSA) is 24.9 Å². The fraction of sp³-hybridized carbons (Fsp3) is 0.688. The maximum absolute atomic E-state index is 4.08. The van der Waals surface area contributed by atoms with Gasteiger partial charge in [0, 0.05) is 24.5 Å². The molecule has 1 aliphatic carbocycles. The van der Waals surface area contributed by atoms with Crippen LogP contribution in [0, 0.1) is 5.41 Å². The van der Waals surface area contributed by atoms with Crippen LogP contribution in [0.2, 0.25) is 0 Å². The van der Waals surface area contributed by atoms with E-state index < -0.39 is 0 Å². The molecule has 0 bridgehead atoms. The fourth-order valence-electron chi connectivity index (χ4n) is 2.93. The van der Waals surface area contributed by atoms with E-state index in [9.17, 15) is 0 Å². The zero-order chi connectivity index (χ0) is 13.0. The number of pyridine rings is 1. The van der Waals surface area contributed by atoms with Gasteiger partial charge in [0.05, 0.1) is 0 Å². The summed E-state index contributed by atoms with van der Waals surface area (Å²) in [6, 6.07) is 5.32. The minimum Gasteiger partial charge on any atom is -0.307 e. The second-order valence-electron chi connectivity index (χ2n) is 6.46. The third-order valence-corrected chi connectivity index (χ3v) is 4.27. The lowest BCUT2D eigenvalue weighted by Crippen LogP contribution is -2.31. The van der Waals surface area contributed by atoms with Crippen molar-refractivity contribution in [3.8, 4) is 0 Å².